The van der Waals surface area contributed by atoms with E-state index in [1.165, 1.54) is 11.3 Å². The Morgan fingerprint density at radius 3 is 2.80 bits per heavy atom. The fourth-order valence-corrected chi connectivity index (χ4v) is 4.55. The van der Waals surface area contributed by atoms with Gasteiger partial charge in [0, 0.05) is 36.5 Å². The number of aromatic nitrogens is 1. The largest absolute Gasteiger partial charge is 0.497 e. The summed E-state index contributed by atoms with van der Waals surface area (Å²) in [5, 5.41) is 3.55. The average molecular weight is 422 g/mol. The van der Waals surface area contributed by atoms with Crippen LogP contribution in [0, 0.1) is 6.92 Å². The van der Waals surface area contributed by atoms with Crippen LogP contribution < -0.4 is 10.1 Å². The van der Waals surface area contributed by atoms with E-state index in [9.17, 15) is 9.59 Å². The van der Waals surface area contributed by atoms with Crippen molar-refractivity contribution in [3.8, 4) is 5.75 Å². The Morgan fingerprint density at radius 1 is 1.20 bits per heavy atom. The lowest BCUT2D eigenvalue weighted by Gasteiger charge is -2.15. The number of amides is 2. The molecule has 3 heterocycles. The highest BCUT2D eigenvalue weighted by atomic mass is 32.1. The van der Waals surface area contributed by atoms with Gasteiger partial charge >= 0.3 is 0 Å². The van der Waals surface area contributed by atoms with Gasteiger partial charge in [-0.15, -0.1) is 11.3 Å². The fraction of sp³-hybridized carbons (Fsp3) is 0.261. The van der Waals surface area contributed by atoms with Gasteiger partial charge in [-0.1, -0.05) is 6.07 Å². The predicted octanol–water partition coefficient (Wildman–Crippen LogP) is 4.34. The maximum absolute atomic E-state index is 12.9. The minimum absolute atomic E-state index is 0.000409. The van der Waals surface area contributed by atoms with Crippen LogP contribution in [0.1, 0.15) is 43.6 Å². The number of aryl methyl sites for hydroxylation is 1. The second-order valence-electron chi connectivity index (χ2n) is 7.29. The molecule has 7 heteroatoms. The lowest BCUT2D eigenvalue weighted by atomic mass is 10.0. The van der Waals surface area contributed by atoms with Crippen molar-refractivity contribution in [2.75, 3.05) is 25.5 Å². The van der Waals surface area contributed by atoms with Crippen molar-refractivity contribution < 1.29 is 14.3 Å². The van der Waals surface area contributed by atoms with Gasteiger partial charge < -0.3 is 15.0 Å². The summed E-state index contributed by atoms with van der Waals surface area (Å²) in [5.41, 5.74) is 2.44. The maximum atomic E-state index is 12.9. The van der Waals surface area contributed by atoms with Crippen LogP contribution in [0.3, 0.4) is 0 Å². The first-order valence-electron chi connectivity index (χ1n) is 9.81. The summed E-state index contributed by atoms with van der Waals surface area (Å²) in [6.07, 6.45) is 2.70. The first-order valence-corrected chi connectivity index (χ1v) is 10.6. The molecule has 2 amide bonds. The van der Waals surface area contributed by atoms with Gasteiger partial charge in [-0.2, -0.15) is 0 Å². The Labute approximate surface area is 179 Å². The second-order valence-corrected chi connectivity index (χ2v) is 8.37. The zero-order valence-corrected chi connectivity index (χ0v) is 17.7. The van der Waals surface area contributed by atoms with Gasteiger partial charge in [0.1, 0.15) is 5.75 Å². The van der Waals surface area contributed by atoms with Crippen LogP contribution in [0.25, 0.3) is 0 Å². The monoisotopic (exact) mass is 421 g/mol. The molecule has 4 rings (SSSR count). The van der Waals surface area contributed by atoms with E-state index in [4.69, 9.17) is 4.74 Å². The van der Waals surface area contributed by atoms with E-state index in [2.05, 4.69) is 10.3 Å². The molecule has 3 aromatic rings. The number of nitrogens with one attached hydrogen (secondary N) is 1. The van der Waals surface area contributed by atoms with E-state index in [-0.39, 0.29) is 17.7 Å². The Hall–Kier alpha value is -3.19. The van der Waals surface area contributed by atoms with E-state index < -0.39 is 0 Å². The van der Waals surface area contributed by atoms with Gasteiger partial charge in [0.05, 0.1) is 17.0 Å². The van der Waals surface area contributed by atoms with E-state index in [0.29, 0.717) is 34.3 Å². The highest BCUT2D eigenvalue weighted by Gasteiger charge is 2.29. The normalized spacial score (nSPS) is 15.8. The van der Waals surface area contributed by atoms with Crippen LogP contribution in [0.15, 0.2) is 54.7 Å². The van der Waals surface area contributed by atoms with Gasteiger partial charge in [-0.3, -0.25) is 14.6 Å². The number of nitrogens with zero attached hydrogens (tertiary/aromatic N) is 2. The van der Waals surface area contributed by atoms with E-state index >= 15 is 0 Å². The topological polar surface area (TPSA) is 71.5 Å². The van der Waals surface area contributed by atoms with Gasteiger partial charge in [0.25, 0.3) is 11.8 Å². The molecule has 0 radical (unpaired) electrons. The van der Waals surface area contributed by atoms with Gasteiger partial charge in [-0.05, 0) is 61.4 Å². The number of benzene rings is 1. The van der Waals surface area contributed by atoms with Crippen molar-refractivity contribution in [2.24, 2.45) is 0 Å². The molecule has 0 bridgehead atoms. The molecule has 2 aromatic heterocycles. The molecule has 30 heavy (non-hydrogen) atoms. The smallest absolute Gasteiger partial charge is 0.264 e. The Kier molecular flexibility index (Phi) is 5.81. The van der Waals surface area contributed by atoms with Crippen LogP contribution in [0.5, 0.6) is 5.75 Å². The minimum Gasteiger partial charge on any atom is -0.497 e. The van der Waals surface area contributed by atoms with Crippen molar-refractivity contribution in [2.45, 2.75) is 19.3 Å². The fourth-order valence-electron chi connectivity index (χ4n) is 3.68. The molecular weight excluding hydrogens is 398 g/mol. The number of methoxy groups -OCH3 is 1. The number of hydrogen-bond donors (Lipinski definition) is 1. The molecule has 0 aliphatic carbocycles. The summed E-state index contributed by atoms with van der Waals surface area (Å²) in [7, 11) is 1.59. The summed E-state index contributed by atoms with van der Waals surface area (Å²) < 4.78 is 5.19. The molecule has 1 aliphatic rings. The van der Waals surface area contributed by atoms with E-state index in [1.54, 1.807) is 37.6 Å². The Bertz CT molecular complexity index is 1060. The summed E-state index contributed by atoms with van der Waals surface area (Å²) in [4.78, 5) is 32.4. The number of hydrogen-bond acceptors (Lipinski definition) is 5. The molecule has 1 saturated heterocycles. The summed E-state index contributed by atoms with van der Waals surface area (Å²) in [6, 6.07) is 14.8. The quantitative estimate of drug-likeness (QED) is 0.665. The zero-order valence-electron chi connectivity index (χ0n) is 16.9. The van der Waals surface area contributed by atoms with Crippen LogP contribution >= 0.6 is 11.3 Å². The molecule has 1 unspecified atom stereocenters. The molecule has 154 valence electrons. The average Bonchev–Trinajstić information content (AvgIpc) is 3.44. The van der Waals surface area contributed by atoms with Crippen molar-refractivity contribution in [1.82, 2.24) is 9.88 Å². The van der Waals surface area contributed by atoms with E-state index in [1.807, 2.05) is 36.1 Å². The summed E-state index contributed by atoms with van der Waals surface area (Å²) >= 11 is 1.30. The van der Waals surface area contributed by atoms with Crippen LogP contribution in [0.4, 0.5) is 5.00 Å². The molecule has 6 nitrogen and oxygen atoms in total. The Morgan fingerprint density at radius 2 is 2.07 bits per heavy atom. The van der Waals surface area contributed by atoms with E-state index in [0.717, 1.165) is 17.7 Å². The van der Waals surface area contributed by atoms with Crippen molar-refractivity contribution in [1.29, 1.82) is 0 Å². The maximum Gasteiger partial charge on any atom is 0.264 e. The third-order valence-corrected chi connectivity index (χ3v) is 6.30. The first-order chi connectivity index (χ1) is 14.5. The van der Waals surface area contributed by atoms with Crippen molar-refractivity contribution in [3.63, 3.8) is 0 Å². The molecular formula is C23H23N3O3S. The lowest BCUT2D eigenvalue weighted by molar-refractivity contribution is 0.0795. The van der Waals surface area contributed by atoms with Gasteiger partial charge in [0.2, 0.25) is 0 Å². The summed E-state index contributed by atoms with van der Waals surface area (Å²) in [6.45, 7) is 3.25. The lowest BCUT2D eigenvalue weighted by Crippen LogP contribution is -2.27. The van der Waals surface area contributed by atoms with Gasteiger partial charge in [-0.25, -0.2) is 0 Å². The van der Waals surface area contributed by atoms with Gasteiger partial charge in [0.15, 0.2) is 0 Å². The molecule has 1 aliphatic heterocycles. The van der Waals surface area contributed by atoms with Crippen LogP contribution in [0.2, 0.25) is 0 Å². The zero-order chi connectivity index (χ0) is 21.1. The van der Waals surface area contributed by atoms with Crippen LogP contribution in [-0.2, 0) is 0 Å². The molecule has 1 atom stereocenters. The molecule has 1 aromatic carbocycles. The third kappa shape index (κ3) is 4.21. The predicted molar refractivity (Wildman–Crippen MR) is 118 cm³/mol. The van der Waals surface area contributed by atoms with Crippen molar-refractivity contribution >= 4 is 28.2 Å². The highest BCUT2D eigenvalue weighted by Crippen LogP contribution is 2.30. The number of rotatable bonds is 5. The third-order valence-electron chi connectivity index (χ3n) is 5.31. The summed E-state index contributed by atoms with van der Waals surface area (Å²) in [5.74, 6) is 0.780. The van der Waals surface area contributed by atoms with Crippen molar-refractivity contribution in [3.05, 3.63) is 76.4 Å². The standard InChI is InChI=1S/C23H23N3O3S/c1-15-13-17(29-2)6-7-18(15)22(27)25-21-9-8-20(30-21)23(28)26-12-10-16(14-26)19-5-3-4-11-24-19/h3-9,11,13,16H,10,12,14H2,1-2H3,(H,25,27). The Balaban J connectivity index is 1.40. The molecule has 0 spiro atoms. The first kappa shape index (κ1) is 20.1. The molecule has 0 saturated carbocycles. The second kappa shape index (κ2) is 8.67. The number of ether oxygens (including phenoxy) is 1. The minimum atomic E-state index is -0.201. The highest BCUT2D eigenvalue weighted by molar-refractivity contribution is 7.18. The molecule has 1 N–H and O–H groups in total. The number of thiophene rings is 1. The number of anilines is 1. The number of likely N-dealkylation sites (tertiary alicyclic amines) is 1. The van der Waals surface area contributed by atoms with Crippen LogP contribution in [-0.4, -0.2) is 41.9 Å². The number of pyridine rings is 1. The molecule has 1 fully saturated rings. The number of carbonyl (C=O) groups excluding carboxylic acids is 2. The number of carbonyl (C=O) groups is 2. The SMILES string of the molecule is COc1ccc(C(=O)Nc2ccc(C(=O)N3CCC(c4ccccn4)C3)s2)c(C)c1.